The normalized spacial score (nSPS) is 16.2. The fourth-order valence-electron chi connectivity index (χ4n) is 3.71. The Morgan fingerprint density at radius 2 is 2.18 bits per heavy atom. The van der Waals surface area contributed by atoms with Crippen molar-refractivity contribution in [3.05, 3.63) is 32.9 Å². The van der Waals surface area contributed by atoms with Crippen molar-refractivity contribution in [1.29, 1.82) is 0 Å². The second-order valence-corrected chi connectivity index (χ2v) is 9.66. The molecule has 0 spiro atoms. The lowest BCUT2D eigenvalue weighted by Crippen LogP contribution is -2.33. The number of nitrogens with zero attached hydrogens (tertiary/aromatic N) is 3. The Hall–Kier alpha value is -1.60. The molecule has 1 atom stereocenters. The Morgan fingerprint density at radius 1 is 1.43 bits per heavy atom. The van der Waals surface area contributed by atoms with Gasteiger partial charge in [-0.3, -0.25) is 14.2 Å². The molecule has 3 rings (SSSR count). The van der Waals surface area contributed by atoms with Crippen LogP contribution in [0.25, 0.3) is 10.2 Å². The number of likely N-dealkylation sites (N-methyl/N-ethyl adjacent to an activating group) is 1. The number of fused-ring (bicyclic) bond motifs is 3. The molecule has 0 radical (unpaired) electrons. The average molecular weight is 420 g/mol. The van der Waals surface area contributed by atoms with Crippen LogP contribution in [0.5, 0.6) is 0 Å². The molecule has 0 saturated carbocycles. The van der Waals surface area contributed by atoms with E-state index in [2.05, 4.69) is 13.5 Å². The summed E-state index contributed by atoms with van der Waals surface area (Å²) in [4.78, 5) is 34.5. The van der Waals surface area contributed by atoms with Crippen LogP contribution in [0.2, 0.25) is 0 Å². The van der Waals surface area contributed by atoms with E-state index in [1.807, 2.05) is 20.8 Å². The van der Waals surface area contributed by atoms with Crippen molar-refractivity contribution in [1.82, 2.24) is 14.5 Å². The summed E-state index contributed by atoms with van der Waals surface area (Å²) >= 11 is 3.02. The van der Waals surface area contributed by atoms with Gasteiger partial charge in [-0.25, -0.2) is 4.98 Å². The summed E-state index contributed by atoms with van der Waals surface area (Å²) in [7, 11) is 0. The number of hydrogen-bond acceptors (Lipinski definition) is 5. The molecule has 0 aromatic carbocycles. The molecule has 0 saturated heterocycles. The molecule has 1 aliphatic rings. The molecular weight excluding hydrogens is 390 g/mol. The van der Waals surface area contributed by atoms with Crippen molar-refractivity contribution in [3.8, 4) is 0 Å². The van der Waals surface area contributed by atoms with Crippen molar-refractivity contribution in [3.63, 3.8) is 0 Å². The quantitative estimate of drug-likeness (QED) is 0.385. The molecule has 0 N–H and O–H groups in total. The first-order valence-electron chi connectivity index (χ1n) is 9.95. The first-order chi connectivity index (χ1) is 13.3. The van der Waals surface area contributed by atoms with E-state index in [9.17, 15) is 9.59 Å². The van der Waals surface area contributed by atoms with E-state index in [0.29, 0.717) is 30.7 Å². The Balaban J connectivity index is 1.90. The van der Waals surface area contributed by atoms with Crippen LogP contribution >= 0.6 is 23.1 Å². The third-order valence-corrected chi connectivity index (χ3v) is 7.33. The fraction of sp³-hybridized carbons (Fsp3) is 0.571. The number of carbonyl (C=O) groups excluding carboxylic acids is 1. The van der Waals surface area contributed by atoms with Crippen LogP contribution < -0.4 is 5.56 Å². The van der Waals surface area contributed by atoms with Gasteiger partial charge < -0.3 is 4.90 Å². The molecule has 0 fully saturated rings. The Bertz CT molecular complexity index is 961. The predicted octanol–water partition coefficient (Wildman–Crippen LogP) is 4.12. The van der Waals surface area contributed by atoms with Gasteiger partial charge in [-0.05, 0) is 51.5 Å². The van der Waals surface area contributed by atoms with Crippen LogP contribution in [0.3, 0.4) is 0 Å². The maximum Gasteiger partial charge on any atom is 0.263 e. The molecule has 152 valence electrons. The number of carbonyl (C=O) groups is 1. The molecular formula is C21H29N3O2S2. The monoisotopic (exact) mass is 419 g/mol. The van der Waals surface area contributed by atoms with E-state index in [1.54, 1.807) is 20.8 Å². The van der Waals surface area contributed by atoms with Gasteiger partial charge in [0.1, 0.15) is 4.83 Å². The number of thiophene rings is 1. The second kappa shape index (κ2) is 8.82. The summed E-state index contributed by atoms with van der Waals surface area (Å²) in [6.45, 7) is 13.8. The Labute approximate surface area is 174 Å². The van der Waals surface area contributed by atoms with Crippen LogP contribution in [0.15, 0.2) is 22.1 Å². The summed E-state index contributed by atoms with van der Waals surface area (Å²) in [6.07, 6.45) is 3.13. The first kappa shape index (κ1) is 21.1. The van der Waals surface area contributed by atoms with Gasteiger partial charge in [0.15, 0.2) is 5.16 Å². The Kier molecular flexibility index (Phi) is 6.65. The molecule has 1 amide bonds. The zero-order valence-electron chi connectivity index (χ0n) is 17.2. The minimum Gasteiger partial charge on any atom is -0.338 e. The molecule has 0 bridgehead atoms. The van der Waals surface area contributed by atoms with Gasteiger partial charge in [-0.2, -0.15) is 0 Å². The third kappa shape index (κ3) is 4.20. The van der Waals surface area contributed by atoms with Gasteiger partial charge in [0.05, 0.1) is 11.1 Å². The van der Waals surface area contributed by atoms with Crippen molar-refractivity contribution >= 4 is 39.2 Å². The van der Waals surface area contributed by atoms with E-state index >= 15 is 0 Å². The first-order valence-corrected chi connectivity index (χ1v) is 11.8. The molecule has 2 aromatic heterocycles. The van der Waals surface area contributed by atoms with Gasteiger partial charge in [0.2, 0.25) is 5.91 Å². The highest BCUT2D eigenvalue weighted by Gasteiger charge is 2.25. The Morgan fingerprint density at radius 3 is 2.82 bits per heavy atom. The number of aromatic nitrogens is 2. The highest BCUT2D eigenvalue weighted by Crippen LogP contribution is 2.36. The van der Waals surface area contributed by atoms with Gasteiger partial charge in [-0.15, -0.1) is 11.3 Å². The van der Waals surface area contributed by atoms with Gasteiger partial charge >= 0.3 is 0 Å². The van der Waals surface area contributed by atoms with E-state index < -0.39 is 0 Å². The molecule has 28 heavy (non-hydrogen) atoms. The molecule has 0 aliphatic heterocycles. The molecule has 2 aromatic rings. The summed E-state index contributed by atoms with van der Waals surface area (Å²) in [5, 5.41) is 1.45. The zero-order valence-corrected chi connectivity index (χ0v) is 18.8. The largest absolute Gasteiger partial charge is 0.338 e. The van der Waals surface area contributed by atoms with Crippen LogP contribution in [-0.4, -0.2) is 39.2 Å². The van der Waals surface area contributed by atoms with E-state index in [1.165, 1.54) is 22.2 Å². The number of thioether (sulfide) groups is 1. The van der Waals surface area contributed by atoms with Crippen LogP contribution in [-0.2, 0) is 24.2 Å². The lowest BCUT2D eigenvalue weighted by Gasteiger charge is -2.21. The van der Waals surface area contributed by atoms with Crippen LogP contribution in [0, 0.1) is 5.92 Å². The summed E-state index contributed by atoms with van der Waals surface area (Å²) in [5.74, 6) is 0.988. The van der Waals surface area contributed by atoms with E-state index in [4.69, 9.17) is 4.98 Å². The molecule has 0 unspecified atom stereocenters. The highest BCUT2D eigenvalue weighted by atomic mass is 32.2. The zero-order chi connectivity index (χ0) is 20.4. The number of aryl methyl sites for hydroxylation is 1. The number of hydrogen-bond donors (Lipinski definition) is 0. The fourth-order valence-corrected chi connectivity index (χ4v) is 6.10. The average Bonchev–Trinajstić information content (AvgIpc) is 3.01. The minimum absolute atomic E-state index is 0.0452. The topological polar surface area (TPSA) is 55.2 Å². The smallest absolute Gasteiger partial charge is 0.263 e. The second-order valence-electron chi connectivity index (χ2n) is 7.63. The van der Waals surface area contributed by atoms with Crippen molar-refractivity contribution < 1.29 is 4.79 Å². The minimum atomic E-state index is 0.0452. The maximum absolute atomic E-state index is 13.2. The van der Waals surface area contributed by atoms with Crippen molar-refractivity contribution in [2.24, 2.45) is 5.92 Å². The maximum atomic E-state index is 13.2. The highest BCUT2D eigenvalue weighted by molar-refractivity contribution is 7.99. The lowest BCUT2D eigenvalue weighted by molar-refractivity contribution is -0.127. The van der Waals surface area contributed by atoms with Gasteiger partial charge in [0.25, 0.3) is 5.56 Å². The van der Waals surface area contributed by atoms with Crippen molar-refractivity contribution in [2.75, 3.05) is 18.8 Å². The van der Waals surface area contributed by atoms with Gasteiger partial charge in [-0.1, -0.05) is 30.8 Å². The number of amides is 1. The predicted molar refractivity (Wildman–Crippen MR) is 119 cm³/mol. The molecule has 5 nitrogen and oxygen atoms in total. The third-order valence-electron chi connectivity index (χ3n) is 5.22. The summed E-state index contributed by atoms with van der Waals surface area (Å²) in [6, 6.07) is 0. The van der Waals surface area contributed by atoms with Crippen LogP contribution in [0.1, 0.15) is 44.6 Å². The summed E-state index contributed by atoms with van der Waals surface area (Å²) in [5.41, 5.74) is 2.22. The molecule has 2 heterocycles. The standard InChI is InChI=1S/C21H29N3O2S2/c1-6-23(11-13(3)4)17(25)12-27-21-22-19-18(20(26)24(21)7-2)15-9-8-14(5)10-16(15)28-19/h14H,3,6-12H2,1-2,4-5H3/t14-/m0/s1. The summed E-state index contributed by atoms with van der Waals surface area (Å²) < 4.78 is 1.72. The lowest BCUT2D eigenvalue weighted by atomic mass is 9.89. The van der Waals surface area contributed by atoms with Crippen LogP contribution in [0.4, 0.5) is 0 Å². The van der Waals surface area contributed by atoms with E-state index in [-0.39, 0.29) is 17.2 Å². The molecule has 1 aliphatic carbocycles. The van der Waals surface area contributed by atoms with E-state index in [0.717, 1.165) is 35.1 Å². The van der Waals surface area contributed by atoms with Gasteiger partial charge in [0, 0.05) is 24.5 Å². The van der Waals surface area contributed by atoms with Crippen molar-refractivity contribution in [2.45, 2.75) is 58.7 Å². The SMILES string of the molecule is C=C(C)CN(CC)C(=O)CSc1nc2sc3c(c2c(=O)n1CC)CC[C@H](C)C3. The molecule has 7 heteroatoms. The number of rotatable bonds is 7.